The summed E-state index contributed by atoms with van der Waals surface area (Å²) in [6.45, 7) is 9.67. The van der Waals surface area contributed by atoms with Crippen molar-refractivity contribution >= 4 is 0 Å². The molecule has 0 nitrogen and oxygen atoms in total. The smallest absolute Gasteiger partial charge is 0.0264 e. The van der Waals surface area contributed by atoms with E-state index < -0.39 is 0 Å². The molecule has 0 spiro atoms. The van der Waals surface area contributed by atoms with E-state index in [1.165, 1.54) is 32.1 Å². The molecule has 2 fully saturated rings. The molecular formula is C15H28. The van der Waals surface area contributed by atoms with E-state index in [-0.39, 0.29) is 0 Å². The average molecular weight is 208 g/mol. The fourth-order valence-electron chi connectivity index (χ4n) is 3.82. The summed E-state index contributed by atoms with van der Waals surface area (Å²) in [5.41, 5.74) is 0.772. The van der Waals surface area contributed by atoms with Crippen LogP contribution in [0.4, 0.5) is 0 Å². The Bertz CT molecular complexity index is 216. The quantitative estimate of drug-likeness (QED) is 0.604. The summed E-state index contributed by atoms with van der Waals surface area (Å²) < 4.78 is 0. The standard InChI is InChI=1S/C15H28/c1-5-12-7-9-14(12)15(4)10-13(15)8-6-11(2)3/h11-14H,5-10H2,1-4H3. The Morgan fingerprint density at radius 2 is 2.00 bits per heavy atom. The Labute approximate surface area is 95.8 Å². The van der Waals surface area contributed by atoms with Crippen molar-refractivity contribution in [2.45, 2.75) is 66.2 Å². The lowest BCUT2D eigenvalue weighted by Gasteiger charge is -2.41. The molecule has 88 valence electrons. The van der Waals surface area contributed by atoms with Crippen LogP contribution in [0, 0.1) is 29.1 Å². The van der Waals surface area contributed by atoms with Gasteiger partial charge in [0.05, 0.1) is 0 Å². The fourth-order valence-corrected chi connectivity index (χ4v) is 3.82. The molecular weight excluding hydrogens is 180 g/mol. The molecule has 0 aromatic carbocycles. The third-order valence-electron chi connectivity index (χ3n) is 5.34. The summed E-state index contributed by atoms with van der Waals surface area (Å²) in [6, 6.07) is 0. The lowest BCUT2D eigenvalue weighted by Crippen LogP contribution is -2.33. The summed E-state index contributed by atoms with van der Waals surface area (Å²) in [4.78, 5) is 0. The van der Waals surface area contributed by atoms with Crippen molar-refractivity contribution < 1.29 is 0 Å². The van der Waals surface area contributed by atoms with Gasteiger partial charge < -0.3 is 0 Å². The molecule has 2 rings (SSSR count). The molecule has 15 heavy (non-hydrogen) atoms. The van der Waals surface area contributed by atoms with Crippen LogP contribution in [-0.2, 0) is 0 Å². The predicted molar refractivity (Wildman–Crippen MR) is 66.8 cm³/mol. The van der Waals surface area contributed by atoms with E-state index in [2.05, 4.69) is 27.7 Å². The van der Waals surface area contributed by atoms with E-state index >= 15 is 0 Å². The van der Waals surface area contributed by atoms with Crippen LogP contribution in [0.5, 0.6) is 0 Å². The van der Waals surface area contributed by atoms with Gasteiger partial charge >= 0.3 is 0 Å². The normalized spacial score (nSPS) is 44.2. The second-order valence-corrected chi connectivity index (χ2v) is 6.73. The van der Waals surface area contributed by atoms with Crippen LogP contribution in [0.2, 0.25) is 0 Å². The molecule has 4 atom stereocenters. The van der Waals surface area contributed by atoms with E-state index in [9.17, 15) is 0 Å². The third-order valence-corrected chi connectivity index (χ3v) is 5.34. The Morgan fingerprint density at radius 3 is 2.47 bits per heavy atom. The minimum Gasteiger partial charge on any atom is -0.0651 e. The molecule has 0 aromatic rings. The van der Waals surface area contributed by atoms with Crippen LogP contribution in [0.3, 0.4) is 0 Å². The van der Waals surface area contributed by atoms with Crippen molar-refractivity contribution in [3.8, 4) is 0 Å². The van der Waals surface area contributed by atoms with Crippen LogP contribution in [0.1, 0.15) is 66.2 Å². The van der Waals surface area contributed by atoms with E-state index in [1.807, 2.05) is 0 Å². The highest BCUT2D eigenvalue weighted by Gasteiger charge is 2.57. The molecule has 0 aromatic heterocycles. The highest BCUT2D eigenvalue weighted by Crippen LogP contribution is 2.66. The maximum atomic E-state index is 2.57. The fraction of sp³-hybridized carbons (Fsp3) is 1.00. The van der Waals surface area contributed by atoms with Gasteiger partial charge in [-0.2, -0.15) is 0 Å². The highest BCUT2D eigenvalue weighted by atomic mass is 14.6. The van der Waals surface area contributed by atoms with Gasteiger partial charge in [0, 0.05) is 0 Å². The van der Waals surface area contributed by atoms with E-state index in [1.54, 1.807) is 6.42 Å². The first-order valence-corrected chi connectivity index (χ1v) is 7.08. The van der Waals surface area contributed by atoms with Crippen LogP contribution < -0.4 is 0 Å². The summed E-state index contributed by atoms with van der Waals surface area (Å²) in [6.07, 6.45) is 8.98. The summed E-state index contributed by atoms with van der Waals surface area (Å²) in [5.74, 6) is 4.16. The summed E-state index contributed by atoms with van der Waals surface area (Å²) in [7, 11) is 0. The Balaban J connectivity index is 1.79. The molecule has 2 saturated carbocycles. The Morgan fingerprint density at radius 1 is 1.27 bits per heavy atom. The van der Waals surface area contributed by atoms with Gasteiger partial charge in [-0.25, -0.2) is 0 Å². The Hall–Kier alpha value is 0. The zero-order valence-electron chi connectivity index (χ0n) is 11.1. The van der Waals surface area contributed by atoms with Gasteiger partial charge in [-0.15, -0.1) is 0 Å². The van der Waals surface area contributed by atoms with Crippen molar-refractivity contribution in [3.63, 3.8) is 0 Å². The SMILES string of the molecule is CCC1CCC1C1(C)CC1CCC(C)C. The first kappa shape index (κ1) is 11.5. The molecule has 2 aliphatic carbocycles. The zero-order valence-corrected chi connectivity index (χ0v) is 11.1. The number of hydrogen-bond donors (Lipinski definition) is 0. The van der Waals surface area contributed by atoms with Gasteiger partial charge in [-0.1, -0.05) is 40.5 Å². The zero-order chi connectivity index (χ0) is 11.1. The Kier molecular flexibility index (Phi) is 3.14. The number of hydrogen-bond acceptors (Lipinski definition) is 0. The molecule has 4 unspecified atom stereocenters. The van der Waals surface area contributed by atoms with Gasteiger partial charge in [0.2, 0.25) is 0 Å². The van der Waals surface area contributed by atoms with Gasteiger partial charge in [0.1, 0.15) is 0 Å². The minimum atomic E-state index is 0.772. The summed E-state index contributed by atoms with van der Waals surface area (Å²) >= 11 is 0. The first-order valence-electron chi connectivity index (χ1n) is 7.08. The van der Waals surface area contributed by atoms with Crippen molar-refractivity contribution in [3.05, 3.63) is 0 Å². The molecule has 2 aliphatic rings. The average Bonchev–Trinajstić information content (AvgIpc) is 2.72. The maximum Gasteiger partial charge on any atom is -0.0264 e. The summed E-state index contributed by atoms with van der Waals surface area (Å²) in [5, 5.41) is 0. The van der Waals surface area contributed by atoms with Crippen molar-refractivity contribution in [1.29, 1.82) is 0 Å². The number of rotatable bonds is 5. The van der Waals surface area contributed by atoms with Gasteiger partial charge in [0.15, 0.2) is 0 Å². The van der Waals surface area contributed by atoms with Crippen molar-refractivity contribution in [2.75, 3.05) is 0 Å². The molecule has 0 heterocycles. The van der Waals surface area contributed by atoms with Crippen LogP contribution in [0.15, 0.2) is 0 Å². The van der Waals surface area contributed by atoms with Gasteiger partial charge in [0.25, 0.3) is 0 Å². The molecule has 0 radical (unpaired) electrons. The molecule has 0 amide bonds. The van der Waals surface area contributed by atoms with E-state index in [0.29, 0.717) is 0 Å². The first-order chi connectivity index (χ1) is 7.08. The second kappa shape index (κ2) is 4.11. The van der Waals surface area contributed by atoms with Crippen LogP contribution in [0.25, 0.3) is 0 Å². The van der Waals surface area contributed by atoms with Crippen LogP contribution >= 0.6 is 0 Å². The topological polar surface area (TPSA) is 0 Å². The third kappa shape index (κ3) is 2.10. The van der Waals surface area contributed by atoms with Gasteiger partial charge in [-0.3, -0.25) is 0 Å². The molecule has 0 saturated heterocycles. The van der Waals surface area contributed by atoms with E-state index in [0.717, 1.165) is 29.1 Å². The van der Waals surface area contributed by atoms with Gasteiger partial charge in [-0.05, 0) is 54.8 Å². The van der Waals surface area contributed by atoms with E-state index in [4.69, 9.17) is 0 Å². The monoisotopic (exact) mass is 208 g/mol. The maximum absolute atomic E-state index is 2.57. The largest absolute Gasteiger partial charge is 0.0651 e. The van der Waals surface area contributed by atoms with Crippen molar-refractivity contribution in [2.24, 2.45) is 29.1 Å². The highest BCUT2D eigenvalue weighted by molar-refractivity contribution is 5.07. The molecule has 0 N–H and O–H groups in total. The van der Waals surface area contributed by atoms with Crippen LogP contribution in [-0.4, -0.2) is 0 Å². The second-order valence-electron chi connectivity index (χ2n) is 6.73. The molecule has 0 aliphatic heterocycles. The molecule has 0 heteroatoms. The van der Waals surface area contributed by atoms with Crippen molar-refractivity contribution in [1.82, 2.24) is 0 Å². The lowest BCUT2D eigenvalue weighted by molar-refractivity contribution is 0.0829. The minimum absolute atomic E-state index is 0.772. The lowest BCUT2D eigenvalue weighted by atomic mass is 9.64. The predicted octanol–water partition coefficient (Wildman–Crippen LogP) is 4.89. The molecule has 0 bridgehead atoms.